The SMILES string of the molecule is [2H]C([2H])(Oc1cccc(C2=CCN(Cc3nc4ccc(C(=O)OC)cc4n3C[C@@H]3CCO3)CC2)n1)c1ccc(C#N)cc1F. The van der Waals surface area contributed by atoms with Crippen molar-refractivity contribution >= 4 is 22.6 Å². The molecular formula is C32H30FN5O4. The second-order valence-corrected chi connectivity index (χ2v) is 10.2. The fourth-order valence-electron chi connectivity index (χ4n) is 5.09. The van der Waals surface area contributed by atoms with E-state index in [1.54, 1.807) is 12.1 Å². The zero-order chi connectivity index (χ0) is 30.8. The first-order valence-electron chi connectivity index (χ1n) is 14.7. The van der Waals surface area contributed by atoms with Gasteiger partial charge in [0.25, 0.3) is 0 Å². The number of esters is 1. The van der Waals surface area contributed by atoms with Crippen LogP contribution in [-0.4, -0.2) is 58.3 Å². The summed E-state index contributed by atoms with van der Waals surface area (Å²) in [6, 6.07) is 15.9. The van der Waals surface area contributed by atoms with Gasteiger partial charge in [-0.25, -0.2) is 19.2 Å². The zero-order valence-corrected chi connectivity index (χ0v) is 23.0. The molecule has 0 spiro atoms. The molecule has 6 rings (SSSR count). The van der Waals surface area contributed by atoms with E-state index in [4.69, 9.17) is 27.2 Å². The highest BCUT2D eigenvalue weighted by atomic mass is 19.1. The maximum atomic E-state index is 14.5. The maximum Gasteiger partial charge on any atom is 0.337 e. The van der Waals surface area contributed by atoms with E-state index < -0.39 is 18.3 Å². The van der Waals surface area contributed by atoms with Crippen LogP contribution < -0.4 is 4.74 Å². The summed E-state index contributed by atoms with van der Waals surface area (Å²) >= 11 is 0. The van der Waals surface area contributed by atoms with Gasteiger partial charge in [-0.2, -0.15) is 5.26 Å². The third kappa shape index (κ3) is 5.88. The van der Waals surface area contributed by atoms with E-state index in [0.717, 1.165) is 48.1 Å². The molecule has 0 bridgehead atoms. The van der Waals surface area contributed by atoms with Gasteiger partial charge in [0.2, 0.25) is 5.88 Å². The number of imidazole rings is 1. The number of nitrogens with zero attached hydrogens (tertiary/aromatic N) is 5. The standard InChI is InChI=1S/C32H30FN5O4/c1-40-32(39)23-7-8-28-29(16-23)38(18-25-11-14-41-25)30(35-28)19-37-12-9-22(10-13-37)27-3-2-4-31(36-27)42-20-24-6-5-21(17-34)15-26(24)33/h2-9,15-16,25H,10-14,18-20H2,1H3/t25-/m0/s1/i20D2. The average Bonchev–Trinajstić information content (AvgIpc) is 3.34. The molecule has 1 atom stereocenters. The van der Waals surface area contributed by atoms with Gasteiger partial charge in [-0.1, -0.05) is 18.2 Å². The minimum atomic E-state index is -2.49. The quantitative estimate of drug-likeness (QED) is 0.263. The summed E-state index contributed by atoms with van der Waals surface area (Å²) in [7, 11) is 1.37. The van der Waals surface area contributed by atoms with Gasteiger partial charge in [0, 0.05) is 31.3 Å². The maximum absolute atomic E-state index is 14.5. The molecule has 0 radical (unpaired) electrons. The largest absolute Gasteiger partial charge is 0.473 e. The molecule has 2 aromatic heterocycles. The number of carbonyl (C=O) groups is 1. The summed E-state index contributed by atoms with van der Waals surface area (Å²) in [5.41, 5.74) is 3.58. The van der Waals surface area contributed by atoms with Gasteiger partial charge >= 0.3 is 5.97 Å². The number of methoxy groups -OCH3 is 1. The predicted molar refractivity (Wildman–Crippen MR) is 153 cm³/mol. The number of aromatic nitrogens is 3. The van der Waals surface area contributed by atoms with Gasteiger partial charge in [0.05, 0.1) is 63.0 Å². The molecule has 0 aliphatic carbocycles. The van der Waals surface area contributed by atoms with Crippen molar-refractivity contribution in [3.8, 4) is 11.9 Å². The topological polar surface area (TPSA) is 102 Å². The van der Waals surface area contributed by atoms with Crippen LogP contribution in [-0.2, 0) is 29.1 Å². The van der Waals surface area contributed by atoms with Crippen LogP contribution in [0.2, 0.25) is 0 Å². The Labute approximate surface area is 245 Å². The van der Waals surface area contributed by atoms with E-state index in [0.29, 0.717) is 37.3 Å². The van der Waals surface area contributed by atoms with Crippen LogP contribution in [0.15, 0.2) is 60.7 Å². The van der Waals surface area contributed by atoms with E-state index in [1.807, 2.05) is 24.3 Å². The molecule has 2 aliphatic rings. The molecule has 2 aliphatic heterocycles. The van der Waals surface area contributed by atoms with E-state index >= 15 is 0 Å². The van der Waals surface area contributed by atoms with Crippen LogP contribution >= 0.6 is 0 Å². The molecule has 1 saturated heterocycles. The molecule has 42 heavy (non-hydrogen) atoms. The summed E-state index contributed by atoms with van der Waals surface area (Å²) < 4.78 is 49.4. The molecule has 214 valence electrons. The molecule has 0 N–H and O–H groups in total. The van der Waals surface area contributed by atoms with E-state index in [1.165, 1.54) is 25.3 Å². The van der Waals surface area contributed by atoms with Crippen molar-refractivity contribution < 1.29 is 26.1 Å². The number of halogens is 1. The van der Waals surface area contributed by atoms with Crippen molar-refractivity contribution in [2.45, 2.75) is 38.6 Å². The van der Waals surface area contributed by atoms with Gasteiger partial charge in [0.1, 0.15) is 18.2 Å². The molecule has 9 nitrogen and oxygen atoms in total. The van der Waals surface area contributed by atoms with Gasteiger partial charge in [0.15, 0.2) is 0 Å². The molecule has 1 fully saturated rings. The first-order chi connectivity index (χ1) is 21.2. The Balaban J connectivity index is 1.17. The van der Waals surface area contributed by atoms with E-state index in [-0.39, 0.29) is 23.1 Å². The molecule has 0 saturated carbocycles. The van der Waals surface area contributed by atoms with Crippen LogP contribution in [0, 0.1) is 17.1 Å². The molecule has 4 aromatic rings. The van der Waals surface area contributed by atoms with Crippen molar-refractivity contribution in [1.29, 1.82) is 5.26 Å². The number of nitriles is 1. The Morgan fingerprint density at radius 1 is 1.24 bits per heavy atom. The third-order valence-corrected chi connectivity index (χ3v) is 7.50. The third-order valence-electron chi connectivity index (χ3n) is 7.50. The summed E-state index contributed by atoms with van der Waals surface area (Å²) in [4.78, 5) is 23.8. The molecule has 4 heterocycles. The van der Waals surface area contributed by atoms with Gasteiger partial charge < -0.3 is 18.8 Å². The number of benzene rings is 2. The van der Waals surface area contributed by atoms with Crippen molar-refractivity contribution in [2.75, 3.05) is 26.8 Å². The average molecular weight is 570 g/mol. The van der Waals surface area contributed by atoms with Crippen molar-refractivity contribution in [3.63, 3.8) is 0 Å². The smallest absolute Gasteiger partial charge is 0.337 e. The van der Waals surface area contributed by atoms with Crippen LogP contribution in [0.25, 0.3) is 16.6 Å². The number of ether oxygens (including phenoxy) is 3. The monoisotopic (exact) mass is 569 g/mol. The highest BCUT2D eigenvalue weighted by Crippen LogP contribution is 2.27. The number of hydrogen-bond acceptors (Lipinski definition) is 8. The summed E-state index contributed by atoms with van der Waals surface area (Å²) in [5, 5.41) is 8.97. The van der Waals surface area contributed by atoms with E-state index in [2.05, 4.69) is 20.5 Å². The highest BCUT2D eigenvalue weighted by molar-refractivity contribution is 5.93. The minimum Gasteiger partial charge on any atom is -0.473 e. The Morgan fingerprint density at radius 3 is 2.83 bits per heavy atom. The normalized spacial score (nSPS) is 17.9. The number of hydrogen-bond donors (Lipinski definition) is 0. The molecule has 10 heteroatoms. The Hall–Kier alpha value is -4.59. The van der Waals surface area contributed by atoms with Crippen molar-refractivity contribution in [2.24, 2.45) is 0 Å². The van der Waals surface area contributed by atoms with Crippen LogP contribution in [0.1, 0.15) is 48.6 Å². The second kappa shape index (κ2) is 12.1. The lowest BCUT2D eigenvalue weighted by atomic mass is 10.0. The molecule has 0 unspecified atom stereocenters. The first-order valence-corrected chi connectivity index (χ1v) is 13.7. The Kier molecular flexibility index (Phi) is 7.25. The van der Waals surface area contributed by atoms with Gasteiger partial charge in [-0.3, -0.25) is 4.90 Å². The van der Waals surface area contributed by atoms with Crippen molar-refractivity contribution in [3.05, 3.63) is 94.7 Å². The zero-order valence-electron chi connectivity index (χ0n) is 25.0. The summed E-state index contributed by atoms with van der Waals surface area (Å²) in [5.74, 6) is -0.341. The Bertz CT molecular complexity index is 1800. The van der Waals surface area contributed by atoms with E-state index in [9.17, 15) is 9.18 Å². The molecule has 0 amide bonds. The van der Waals surface area contributed by atoms with Crippen LogP contribution in [0.3, 0.4) is 0 Å². The van der Waals surface area contributed by atoms with Crippen LogP contribution in [0.5, 0.6) is 5.88 Å². The van der Waals surface area contributed by atoms with Gasteiger partial charge in [-0.15, -0.1) is 0 Å². The number of pyridine rings is 1. The van der Waals surface area contributed by atoms with Crippen LogP contribution in [0.4, 0.5) is 4.39 Å². The number of rotatable bonds is 9. The predicted octanol–water partition coefficient (Wildman–Crippen LogP) is 4.89. The number of fused-ring (bicyclic) bond motifs is 1. The fraction of sp³-hybridized carbons (Fsp3) is 0.312. The van der Waals surface area contributed by atoms with Gasteiger partial charge in [-0.05, 0) is 54.8 Å². The number of carbonyl (C=O) groups excluding carboxylic acids is 1. The summed E-state index contributed by atoms with van der Waals surface area (Å²) in [6.45, 7) is 0.905. The fourth-order valence-corrected chi connectivity index (χ4v) is 5.09. The molecular weight excluding hydrogens is 537 g/mol. The minimum absolute atomic E-state index is 0.0258. The second-order valence-electron chi connectivity index (χ2n) is 10.2. The molecule has 2 aromatic carbocycles. The summed E-state index contributed by atoms with van der Waals surface area (Å²) in [6.07, 6.45) is 3.88. The Morgan fingerprint density at radius 2 is 2.12 bits per heavy atom. The first kappa shape index (κ1) is 25.1. The lowest BCUT2D eigenvalue weighted by Gasteiger charge is -2.29. The lowest BCUT2D eigenvalue weighted by Crippen LogP contribution is -2.33. The lowest BCUT2D eigenvalue weighted by molar-refractivity contribution is -0.0591. The highest BCUT2D eigenvalue weighted by Gasteiger charge is 2.24. The van der Waals surface area contributed by atoms with Crippen molar-refractivity contribution in [1.82, 2.24) is 19.4 Å².